The molecule has 5 heteroatoms. The van der Waals surface area contributed by atoms with Gasteiger partial charge in [-0.15, -0.1) is 0 Å². The van der Waals surface area contributed by atoms with E-state index in [0.29, 0.717) is 0 Å². The summed E-state index contributed by atoms with van der Waals surface area (Å²) in [5, 5.41) is 0. The van der Waals surface area contributed by atoms with Crippen LogP contribution >= 0.6 is 0 Å². The lowest BCUT2D eigenvalue weighted by Crippen LogP contribution is -2.61. The molecule has 0 radical (unpaired) electrons. The van der Waals surface area contributed by atoms with Crippen LogP contribution in [0.3, 0.4) is 0 Å². The van der Waals surface area contributed by atoms with Crippen molar-refractivity contribution in [3.05, 3.63) is 138 Å². The average molecular weight is 427 g/mol. The fraction of sp³-hybridized carbons (Fsp3) is 0.0357. The molecule has 5 aromatic rings. The Hall–Kier alpha value is -4.25. The molecule has 0 amide bonds. The van der Waals surface area contributed by atoms with Crippen molar-refractivity contribution in [2.75, 3.05) is 0 Å². The van der Waals surface area contributed by atoms with Gasteiger partial charge in [0.25, 0.3) is 0 Å². The summed E-state index contributed by atoms with van der Waals surface area (Å²) < 4.78 is 3.48. The number of furan rings is 1. The minimum Gasteiger partial charge on any atom is -0.775 e. The van der Waals surface area contributed by atoms with Crippen LogP contribution in [0.2, 0.25) is 0 Å². The van der Waals surface area contributed by atoms with Crippen molar-refractivity contribution in [3.8, 4) is 0 Å². The molecule has 1 aliphatic heterocycles. The van der Waals surface area contributed by atoms with Gasteiger partial charge in [0.15, 0.2) is 6.26 Å². The first kappa shape index (κ1) is 19.4. The Morgan fingerprint density at radius 1 is 0.636 bits per heavy atom. The molecule has 4 nitrogen and oxygen atoms in total. The van der Waals surface area contributed by atoms with Crippen molar-refractivity contribution in [2.45, 2.75) is 6.92 Å². The van der Waals surface area contributed by atoms with E-state index in [2.05, 4.69) is 71.7 Å². The summed E-state index contributed by atoms with van der Waals surface area (Å²) in [6.45, 7) is 2.11. The van der Waals surface area contributed by atoms with Gasteiger partial charge < -0.3 is 3.96 Å². The van der Waals surface area contributed by atoms with Gasteiger partial charge in [0.1, 0.15) is 0 Å². The van der Waals surface area contributed by atoms with E-state index >= 15 is 0 Å². The summed E-state index contributed by atoms with van der Waals surface area (Å²) in [6.07, 6.45) is 5.84. The molecule has 0 unspecified atom stereocenters. The zero-order chi connectivity index (χ0) is 22.3. The van der Waals surface area contributed by atoms with Crippen molar-refractivity contribution >= 4 is 28.6 Å². The number of nitrogens with zero attached hydrogens (tertiary/aromatic N) is 3. The Kier molecular flexibility index (Phi) is 4.54. The number of aromatic nitrogens is 3. The van der Waals surface area contributed by atoms with Gasteiger partial charge in [0, 0.05) is 42.0 Å². The SMILES string of the molecule is Cc1ccc(C2=C(c3ccccn3)[B-](c3ccccn3)(c3ccccn3)[o+]3cccc32)cc1. The summed E-state index contributed by atoms with van der Waals surface area (Å²) >= 11 is 0. The molecule has 0 bridgehead atoms. The van der Waals surface area contributed by atoms with Gasteiger partial charge in [-0.05, 0) is 47.9 Å². The van der Waals surface area contributed by atoms with Crippen molar-refractivity contribution < 1.29 is 3.96 Å². The number of fused-ring (bicyclic) bond motifs is 1. The lowest BCUT2D eigenvalue weighted by molar-refractivity contribution is 0.374. The van der Waals surface area contributed by atoms with Gasteiger partial charge in [0.2, 0.25) is 5.76 Å². The van der Waals surface area contributed by atoms with Crippen LogP contribution in [0.25, 0.3) is 11.0 Å². The second kappa shape index (κ2) is 7.71. The molecule has 0 fully saturated rings. The molecule has 0 spiro atoms. The van der Waals surface area contributed by atoms with Crippen LogP contribution in [0, 0.1) is 6.92 Å². The molecule has 1 aromatic carbocycles. The van der Waals surface area contributed by atoms with Crippen molar-refractivity contribution in [1.82, 2.24) is 15.0 Å². The lowest BCUT2D eigenvalue weighted by Gasteiger charge is -2.36. The first-order valence-corrected chi connectivity index (χ1v) is 11.1. The predicted octanol–water partition coefficient (Wildman–Crippen LogP) is 4.58. The summed E-state index contributed by atoms with van der Waals surface area (Å²) in [4.78, 5) is 14.6. The topological polar surface area (TPSA) is 41.4 Å². The highest BCUT2D eigenvalue weighted by atomic mass is 16.5. The van der Waals surface area contributed by atoms with Gasteiger partial charge in [-0.1, -0.05) is 65.6 Å². The third-order valence-corrected chi connectivity index (χ3v) is 6.52. The van der Waals surface area contributed by atoms with Crippen LogP contribution in [-0.4, -0.2) is 21.3 Å². The van der Waals surface area contributed by atoms with E-state index in [1.54, 1.807) is 0 Å². The molecule has 158 valence electrons. The van der Waals surface area contributed by atoms with Gasteiger partial charge in [-0.25, -0.2) is 0 Å². The smallest absolute Gasteiger partial charge is 0.457 e. The largest absolute Gasteiger partial charge is 0.775 e. The van der Waals surface area contributed by atoms with Gasteiger partial charge in [-0.3, -0.25) is 15.0 Å². The summed E-state index contributed by atoms with van der Waals surface area (Å²) in [7, 11) is 0. The first-order valence-electron chi connectivity index (χ1n) is 11.1. The van der Waals surface area contributed by atoms with Crippen LogP contribution < -0.4 is 11.2 Å². The minimum absolute atomic E-state index is 0.917. The van der Waals surface area contributed by atoms with E-state index in [0.717, 1.165) is 39.2 Å². The van der Waals surface area contributed by atoms with E-state index in [4.69, 9.17) is 15.0 Å². The minimum atomic E-state index is -1.79. The number of hydrogen-bond acceptors (Lipinski definition) is 3. The molecule has 0 saturated carbocycles. The molecule has 5 heterocycles. The zero-order valence-corrected chi connectivity index (χ0v) is 18.3. The molecule has 0 N–H and O–H groups in total. The molecular formula is C28H22BN3O. The van der Waals surface area contributed by atoms with Crippen LogP contribution in [0.1, 0.15) is 22.6 Å². The molecule has 1 aliphatic rings. The fourth-order valence-electron chi connectivity index (χ4n) is 5.15. The van der Waals surface area contributed by atoms with Crippen LogP contribution in [0.5, 0.6) is 0 Å². The quantitative estimate of drug-likeness (QED) is 0.312. The lowest BCUT2D eigenvalue weighted by atomic mass is 9.30. The highest BCUT2D eigenvalue weighted by Gasteiger charge is 2.55. The van der Waals surface area contributed by atoms with Crippen molar-refractivity contribution in [1.29, 1.82) is 0 Å². The second-order valence-electron chi connectivity index (χ2n) is 8.40. The van der Waals surface area contributed by atoms with E-state index in [1.165, 1.54) is 5.56 Å². The number of aryl methyl sites for hydroxylation is 1. The predicted molar refractivity (Wildman–Crippen MR) is 134 cm³/mol. The Morgan fingerprint density at radius 2 is 1.27 bits per heavy atom. The third-order valence-electron chi connectivity index (χ3n) is 6.52. The molecule has 0 aliphatic carbocycles. The highest BCUT2D eigenvalue weighted by molar-refractivity contribution is 7.12. The molecule has 6 rings (SSSR count). The number of pyridine rings is 3. The molecule has 0 saturated heterocycles. The Labute approximate surface area is 193 Å². The van der Waals surface area contributed by atoms with E-state index in [-0.39, 0.29) is 0 Å². The monoisotopic (exact) mass is 427 g/mol. The number of rotatable bonds is 4. The van der Waals surface area contributed by atoms with Crippen LogP contribution in [-0.2, 0) is 0 Å². The summed E-state index contributed by atoms with van der Waals surface area (Å²) in [5.41, 5.74) is 7.40. The van der Waals surface area contributed by atoms with Gasteiger partial charge in [-0.2, -0.15) is 0 Å². The van der Waals surface area contributed by atoms with E-state index < -0.39 is 6.35 Å². The Bertz CT molecular complexity index is 1400. The maximum atomic E-state index is 4.89. The first-order chi connectivity index (χ1) is 16.3. The summed E-state index contributed by atoms with van der Waals surface area (Å²) in [5.74, 6) is 1.07. The fourth-order valence-corrected chi connectivity index (χ4v) is 5.15. The average Bonchev–Trinajstić information content (AvgIpc) is 3.46. The normalized spacial score (nSPS) is 14.3. The number of benzene rings is 1. The van der Waals surface area contributed by atoms with Gasteiger partial charge >= 0.3 is 6.35 Å². The molecule has 33 heavy (non-hydrogen) atoms. The number of hydrogen-bond donors (Lipinski definition) is 0. The molecular weight excluding hydrogens is 405 g/mol. The van der Waals surface area contributed by atoms with E-state index in [1.807, 2.05) is 55.0 Å². The third kappa shape index (κ3) is 2.89. The Balaban J connectivity index is 1.81. The highest BCUT2D eigenvalue weighted by Crippen LogP contribution is 2.48. The van der Waals surface area contributed by atoms with Crippen molar-refractivity contribution in [2.24, 2.45) is 0 Å². The van der Waals surface area contributed by atoms with E-state index in [9.17, 15) is 0 Å². The summed E-state index contributed by atoms with van der Waals surface area (Å²) in [6, 6.07) is 31.2. The second-order valence-corrected chi connectivity index (χ2v) is 8.40. The standard InChI is InChI=1S/C28H22BN3O/c1-21-13-15-22(16-14-21)27-24-10-8-20-33(24)29(25-11-3-6-18-31-25,26-12-4-7-19-32-26)28(27)23-9-2-5-17-30-23/h2-20H,1H3. The van der Waals surface area contributed by atoms with Crippen LogP contribution in [0.15, 0.2) is 120 Å². The molecule has 0 atom stereocenters. The maximum absolute atomic E-state index is 4.89. The Morgan fingerprint density at radius 3 is 1.85 bits per heavy atom. The zero-order valence-electron chi connectivity index (χ0n) is 18.3. The van der Waals surface area contributed by atoms with Gasteiger partial charge in [0.05, 0.1) is 0 Å². The van der Waals surface area contributed by atoms with Crippen LogP contribution in [0.4, 0.5) is 0 Å². The van der Waals surface area contributed by atoms with Crippen molar-refractivity contribution in [3.63, 3.8) is 0 Å². The maximum Gasteiger partial charge on any atom is 0.457 e. The molecule has 4 aromatic heterocycles.